The van der Waals surface area contributed by atoms with Crippen molar-refractivity contribution in [2.24, 2.45) is 5.92 Å². The van der Waals surface area contributed by atoms with E-state index in [9.17, 15) is 9.59 Å². The van der Waals surface area contributed by atoms with Crippen LogP contribution in [-0.4, -0.2) is 60.9 Å². The van der Waals surface area contributed by atoms with Crippen LogP contribution in [0.3, 0.4) is 0 Å². The van der Waals surface area contributed by atoms with Crippen molar-refractivity contribution in [2.45, 2.75) is 32.2 Å². The third-order valence-electron chi connectivity index (χ3n) is 4.15. The van der Waals surface area contributed by atoms with E-state index in [1.54, 1.807) is 4.90 Å². The minimum absolute atomic E-state index is 0.120. The van der Waals surface area contributed by atoms with E-state index in [4.69, 9.17) is 0 Å². The number of likely N-dealkylation sites (tertiary alicyclic amines) is 1. The highest BCUT2D eigenvalue weighted by atomic mass is 16.2. The summed E-state index contributed by atoms with van der Waals surface area (Å²) in [6, 6.07) is 0.338. The van der Waals surface area contributed by atoms with Gasteiger partial charge in [0.25, 0.3) is 0 Å². The highest BCUT2D eigenvalue weighted by Gasteiger charge is 2.36. The van der Waals surface area contributed by atoms with Crippen molar-refractivity contribution in [3.8, 4) is 0 Å². The molecule has 2 saturated heterocycles. The molecule has 0 bridgehead atoms. The van der Waals surface area contributed by atoms with E-state index in [1.807, 2.05) is 18.9 Å². The smallest absolute Gasteiger partial charge is 0.227 e. The fourth-order valence-electron chi connectivity index (χ4n) is 2.91. The zero-order valence-corrected chi connectivity index (χ0v) is 11.3. The van der Waals surface area contributed by atoms with Gasteiger partial charge in [-0.2, -0.15) is 0 Å². The van der Waals surface area contributed by atoms with Crippen LogP contribution < -0.4 is 5.32 Å². The first-order valence-electron chi connectivity index (χ1n) is 6.88. The van der Waals surface area contributed by atoms with Crippen LogP contribution >= 0.6 is 0 Å². The summed E-state index contributed by atoms with van der Waals surface area (Å²) in [5, 5.41) is 3.30. The minimum Gasteiger partial charge on any atom is -0.342 e. The van der Waals surface area contributed by atoms with Gasteiger partial charge in [0.2, 0.25) is 11.8 Å². The normalized spacial score (nSPS) is 25.6. The van der Waals surface area contributed by atoms with Crippen LogP contribution in [0.15, 0.2) is 0 Å². The van der Waals surface area contributed by atoms with E-state index < -0.39 is 0 Å². The van der Waals surface area contributed by atoms with Gasteiger partial charge in [-0.1, -0.05) is 0 Å². The van der Waals surface area contributed by atoms with Crippen LogP contribution in [-0.2, 0) is 9.59 Å². The zero-order chi connectivity index (χ0) is 13.1. The van der Waals surface area contributed by atoms with Crippen molar-refractivity contribution < 1.29 is 9.59 Å². The second kappa shape index (κ2) is 5.69. The standard InChI is InChI=1S/C13H23N3O2/c1-3-16-9-10(8-12(16)17)13(18)15(2)11-4-6-14-7-5-11/h10-11,14H,3-9H2,1-2H3. The molecule has 2 amide bonds. The van der Waals surface area contributed by atoms with Gasteiger partial charge in [-0.15, -0.1) is 0 Å². The Hall–Kier alpha value is -1.10. The van der Waals surface area contributed by atoms with Crippen molar-refractivity contribution in [3.05, 3.63) is 0 Å². The molecule has 1 unspecified atom stereocenters. The fraction of sp³-hybridized carbons (Fsp3) is 0.846. The zero-order valence-electron chi connectivity index (χ0n) is 11.3. The SMILES string of the molecule is CCN1CC(C(=O)N(C)C2CCNCC2)CC1=O. The summed E-state index contributed by atoms with van der Waals surface area (Å²) in [6.07, 6.45) is 2.42. The summed E-state index contributed by atoms with van der Waals surface area (Å²) >= 11 is 0. The Morgan fingerprint density at radius 1 is 1.44 bits per heavy atom. The first-order valence-corrected chi connectivity index (χ1v) is 6.88. The maximum Gasteiger partial charge on any atom is 0.227 e. The summed E-state index contributed by atoms with van der Waals surface area (Å²) in [6.45, 7) is 5.23. The van der Waals surface area contributed by atoms with Crippen molar-refractivity contribution in [1.29, 1.82) is 0 Å². The highest BCUT2D eigenvalue weighted by Crippen LogP contribution is 2.21. The Balaban J connectivity index is 1.92. The van der Waals surface area contributed by atoms with E-state index in [-0.39, 0.29) is 17.7 Å². The summed E-state index contributed by atoms with van der Waals surface area (Å²) in [7, 11) is 1.89. The van der Waals surface area contributed by atoms with Gasteiger partial charge in [-0.3, -0.25) is 9.59 Å². The molecule has 5 heteroatoms. The molecule has 0 spiro atoms. The molecule has 0 radical (unpaired) electrons. The Labute approximate surface area is 108 Å². The van der Waals surface area contributed by atoms with Crippen LogP contribution in [0.25, 0.3) is 0 Å². The van der Waals surface area contributed by atoms with Gasteiger partial charge < -0.3 is 15.1 Å². The van der Waals surface area contributed by atoms with E-state index >= 15 is 0 Å². The van der Waals surface area contributed by atoms with Crippen LogP contribution in [0.1, 0.15) is 26.2 Å². The molecule has 18 heavy (non-hydrogen) atoms. The average molecular weight is 253 g/mol. The predicted molar refractivity (Wildman–Crippen MR) is 69.0 cm³/mol. The molecule has 2 aliphatic rings. The number of hydrogen-bond acceptors (Lipinski definition) is 3. The number of carbonyl (C=O) groups is 2. The van der Waals surface area contributed by atoms with E-state index in [0.717, 1.165) is 25.9 Å². The molecule has 1 N–H and O–H groups in total. The molecule has 2 heterocycles. The van der Waals surface area contributed by atoms with Gasteiger partial charge >= 0.3 is 0 Å². The monoisotopic (exact) mass is 253 g/mol. The maximum atomic E-state index is 12.4. The van der Waals surface area contributed by atoms with Gasteiger partial charge in [0, 0.05) is 32.6 Å². The Morgan fingerprint density at radius 3 is 2.67 bits per heavy atom. The van der Waals surface area contributed by atoms with Gasteiger partial charge in [0.1, 0.15) is 0 Å². The lowest BCUT2D eigenvalue weighted by molar-refractivity contribution is -0.137. The molecule has 0 aromatic rings. The molecule has 2 aliphatic heterocycles. The summed E-state index contributed by atoms with van der Waals surface area (Å²) in [5.41, 5.74) is 0. The van der Waals surface area contributed by atoms with Crippen LogP contribution in [0.4, 0.5) is 0 Å². The summed E-state index contributed by atoms with van der Waals surface area (Å²) in [5.74, 6) is 0.137. The lowest BCUT2D eigenvalue weighted by Gasteiger charge is -2.33. The minimum atomic E-state index is -0.127. The van der Waals surface area contributed by atoms with Crippen LogP contribution in [0.2, 0.25) is 0 Å². The van der Waals surface area contributed by atoms with Crippen molar-refractivity contribution in [1.82, 2.24) is 15.1 Å². The molecule has 0 aromatic carbocycles. The first-order chi connectivity index (χ1) is 8.63. The van der Waals surface area contributed by atoms with E-state index in [1.165, 1.54) is 0 Å². The predicted octanol–water partition coefficient (Wildman–Crippen LogP) is 0.0652. The first kappa shape index (κ1) is 13.3. The topological polar surface area (TPSA) is 52.7 Å². The quantitative estimate of drug-likeness (QED) is 0.774. The molecule has 1 atom stereocenters. The number of hydrogen-bond donors (Lipinski definition) is 1. The molecule has 2 rings (SSSR count). The van der Waals surface area contributed by atoms with Crippen molar-refractivity contribution >= 4 is 11.8 Å². The Bertz CT molecular complexity index is 326. The Kier molecular flexibility index (Phi) is 4.22. The van der Waals surface area contributed by atoms with Gasteiger partial charge in [0.15, 0.2) is 0 Å². The number of amides is 2. The average Bonchev–Trinajstić information content (AvgIpc) is 2.79. The molecular weight excluding hydrogens is 230 g/mol. The van der Waals surface area contributed by atoms with Gasteiger partial charge in [0.05, 0.1) is 5.92 Å². The molecule has 2 fully saturated rings. The van der Waals surface area contributed by atoms with Gasteiger partial charge in [-0.05, 0) is 32.9 Å². The molecular formula is C13H23N3O2. The summed E-state index contributed by atoms with van der Waals surface area (Å²) < 4.78 is 0. The fourth-order valence-corrected chi connectivity index (χ4v) is 2.91. The van der Waals surface area contributed by atoms with Crippen LogP contribution in [0, 0.1) is 5.92 Å². The third-order valence-corrected chi connectivity index (χ3v) is 4.15. The molecule has 5 nitrogen and oxygen atoms in total. The van der Waals surface area contributed by atoms with E-state index in [0.29, 0.717) is 25.6 Å². The van der Waals surface area contributed by atoms with Crippen molar-refractivity contribution in [3.63, 3.8) is 0 Å². The second-order valence-electron chi connectivity index (χ2n) is 5.26. The number of carbonyl (C=O) groups excluding carboxylic acids is 2. The summed E-state index contributed by atoms with van der Waals surface area (Å²) in [4.78, 5) is 27.7. The largest absolute Gasteiger partial charge is 0.342 e. The third kappa shape index (κ3) is 2.66. The van der Waals surface area contributed by atoms with Gasteiger partial charge in [-0.25, -0.2) is 0 Å². The lowest BCUT2D eigenvalue weighted by Crippen LogP contribution is -2.46. The van der Waals surface area contributed by atoms with Crippen molar-refractivity contribution in [2.75, 3.05) is 33.2 Å². The lowest BCUT2D eigenvalue weighted by atomic mass is 10.0. The molecule has 102 valence electrons. The molecule has 0 aromatic heterocycles. The number of piperidine rings is 1. The highest BCUT2D eigenvalue weighted by molar-refractivity contribution is 5.89. The van der Waals surface area contributed by atoms with E-state index in [2.05, 4.69) is 5.32 Å². The van der Waals surface area contributed by atoms with Crippen LogP contribution in [0.5, 0.6) is 0 Å². The number of nitrogens with zero attached hydrogens (tertiary/aromatic N) is 2. The maximum absolute atomic E-state index is 12.4. The molecule has 0 aliphatic carbocycles. The number of rotatable bonds is 3. The number of nitrogens with one attached hydrogen (secondary N) is 1. The Morgan fingerprint density at radius 2 is 2.11 bits per heavy atom. The molecule has 0 saturated carbocycles. The second-order valence-corrected chi connectivity index (χ2v) is 5.26.